The predicted molar refractivity (Wildman–Crippen MR) is 95.2 cm³/mol. The van der Waals surface area contributed by atoms with Gasteiger partial charge >= 0.3 is 0 Å². The quantitative estimate of drug-likeness (QED) is 0.463. The van der Waals surface area contributed by atoms with Crippen LogP contribution in [0.15, 0.2) is 35.9 Å². The van der Waals surface area contributed by atoms with Crippen LogP contribution in [0.25, 0.3) is 6.08 Å². The lowest BCUT2D eigenvalue weighted by atomic mass is 10.0. The van der Waals surface area contributed by atoms with Crippen LogP contribution in [0.3, 0.4) is 0 Å². The third kappa shape index (κ3) is 3.41. The zero-order valence-electron chi connectivity index (χ0n) is 14.8. The van der Waals surface area contributed by atoms with E-state index in [0.29, 0.717) is 17.4 Å². The first-order chi connectivity index (χ1) is 11.4. The van der Waals surface area contributed by atoms with E-state index < -0.39 is 0 Å². The summed E-state index contributed by atoms with van der Waals surface area (Å²) in [6.07, 6.45) is 1.67. The Hall–Kier alpha value is -2.80. The summed E-state index contributed by atoms with van der Waals surface area (Å²) in [5.74, 6) is 0.293. The van der Waals surface area contributed by atoms with Crippen LogP contribution in [0.1, 0.15) is 47.2 Å². The number of ether oxygens (including phenoxy) is 1. The van der Waals surface area contributed by atoms with Crippen LogP contribution in [-0.4, -0.2) is 17.5 Å². The molecular formula is C20H22N2O2. The van der Waals surface area contributed by atoms with Gasteiger partial charge in [0.2, 0.25) is 5.78 Å². The molecule has 0 atom stereocenters. The van der Waals surface area contributed by atoms with E-state index in [0.717, 1.165) is 17.0 Å². The molecule has 0 amide bonds. The Morgan fingerprint density at radius 2 is 2.00 bits per heavy atom. The summed E-state index contributed by atoms with van der Waals surface area (Å²) in [7, 11) is 1.55. The van der Waals surface area contributed by atoms with Crippen molar-refractivity contribution in [3.8, 4) is 11.8 Å². The number of rotatable bonds is 5. The molecule has 0 saturated heterocycles. The van der Waals surface area contributed by atoms with Crippen molar-refractivity contribution in [2.24, 2.45) is 0 Å². The van der Waals surface area contributed by atoms with Gasteiger partial charge in [-0.3, -0.25) is 4.79 Å². The van der Waals surface area contributed by atoms with Crippen LogP contribution in [0.5, 0.6) is 5.75 Å². The fourth-order valence-corrected chi connectivity index (χ4v) is 2.97. The lowest BCUT2D eigenvalue weighted by Crippen LogP contribution is -2.05. The van der Waals surface area contributed by atoms with Gasteiger partial charge in [-0.2, -0.15) is 5.26 Å². The molecule has 2 rings (SSSR count). The van der Waals surface area contributed by atoms with E-state index in [9.17, 15) is 10.1 Å². The Bertz CT molecular complexity index is 836. The predicted octanol–water partition coefficient (Wildman–Crippen LogP) is 4.48. The second kappa shape index (κ2) is 7.18. The topological polar surface area (TPSA) is 55.0 Å². The molecule has 124 valence electrons. The van der Waals surface area contributed by atoms with Crippen LogP contribution in [0.4, 0.5) is 0 Å². The molecule has 0 unspecified atom stereocenters. The molecule has 1 aromatic heterocycles. The maximum atomic E-state index is 12.6. The zero-order valence-corrected chi connectivity index (χ0v) is 14.8. The third-order valence-corrected chi connectivity index (χ3v) is 4.04. The van der Waals surface area contributed by atoms with Crippen molar-refractivity contribution >= 4 is 11.9 Å². The highest BCUT2D eigenvalue weighted by atomic mass is 16.5. The Balaban J connectivity index is 2.45. The summed E-state index contributed by atoms with van der Waals surface area (Å²) in [6.45, 7) is 8.25. The number of allylic oxidation sites excluding steroid dienone is 1. The number of methoxy groups -OCH3 is 1. The molecule has 0 spiro atoms. The van der Waals surface area contributed by atoms with Crippen LogP contribution < -0.4 is 4.74 Å². The minimum Gasteiger partial charge on any atom is -0.497 e. The molecule has 0 bridgehead atoms. The number of benzene rings is 1. The van der Waals surface area contributed by atoms with Gasteiger partial charge in [-0.25, -0.2) is 0 Å². The maximum Gasteiger partial charge on any atom is 0.203 e. The molecule has 24 heavy (non-hydrogen) atoms. The molecule has 1 aromatic carbocycles. The number of aromatic nitrogens is 1. The molecular weight excluding hydrogens is 300 g/mol. The molecule has 0 aliphatic rings. The van der Waals surface area contributed by atoms with Gasteiger partial charge in [0.25, 0.3) is 0 Å². The van der Waals surface area contributed by atoms with Crippen LogP contribution >= 0.6 is 0 Å². The maximum absolute atomic E-state index is 12.6. The summed E-state index contributed by atoms with van der Waals surface area (Å²) in [5, 5.41) is 9.44. The van der Waals surface area contributed by atoms with Crippen LogP contribution in [-0.2, 0) is 0 Å². The van der Waals surface area contributed by atoms with Gasteiger partial charge in [0.15, 0.2) is 0 Å². The van der Waals surface area contributed by atoms with Gasteiger partial charge in [-0.15, -0.1) is 0 Å². The Labute approximate surface area is 143 Å². The number of hydrogen-bond acceptors (Lipinski definition) is 3. The molecule has 4 heteroatoms. The van der Waals surface area contributed by atoms with Gasteiger partial charge in [0.05, 0.1) is 7.11 Å². The Morgan fingerprint density at radius 3 is 2.54 bits per heavy atom. The molecule has 4 nitrogen and oxygen atoms in total. The monoisotopic (exact) mass is 322 g/mol. The zero-order chi connectivity index (χ0) is 17.9. The standard InChI is InChI=1S/C20H22N2O2/c1-13(2)22-14(3)9-17(15(22)4)10-18(12-21)20(23)16-7-6-8-19(11-16)24-5/h6-11,13H,1-5H3/b18-10+. The first-order valence-corrected chi connectivity index (χ1v) is 7.88. The molecule has 1 heterocycles. The van der Waals surface area contributed by atoms with Crippen molar-refractivity contribution in [1.29, 1.82) is 5.26 Å². The number of nitriles is 1. The largest absolute Gasteiger partial charge is 0.497 e. The number of nitrogens with zero attached hydrogens (tertiary/aromatic N) is 2. The summed E-state index contributed by atoms with van der Waals surface area (Å²) in [4.78, 5) is 12.6. The van der Waals surface area contributed by atoms with Gasteiger partial charge in [-0.05, 0) is 57.5 Å². The van der Waals surface area contributed by atoms with Crippen molar-refractivity contribution in [2.75, 3.05) is 7.11 Å². The van der Waals surface area contributed by atoms with E-state index in [2.05, 4.69) is 18.4 Å². The van der Waals surface area contributed by atoms with E-state index in [4.69, 9.17) is 4.74 Å². The number of carbonyl (C=O) groups is 1. The van der Waals surface area contributed by atoms with E-state index in [-0.39, 0.29) is 11.4 Å². The van der Waals surface area contributed by atoms with Gasteiger partial charge in [0, 0.05) is 23.0 Å². The molecule has 2 aromatic rings. The number of ketones is 1. The highest BCUT2D eigenvalue weighted by Crippen LogP contribution is 2.23. The molecule has 0 aliphatic heterocycles. The lowest BCUT2D eigenvalue weighted by Gasteiger charge is -2.13. The highest BCUT2D eigenvalue weighted by Gasteiger charge is 2.16. The summed E-state index contributed by atoms with van der Waals surface area (Å²) in [6, 6.07) is 11.2. The van der Waals surface area contributed by atoms with Crippen molar-refractivity contribution in [3.05, 3.63) is 58.4 Å². The summed E-state index contributed by atoms with van der Waals surface area (Å²) in [5.41, 5.74) is 3.62. The normalized spacial score (nSPS) is 11.5. The third-order valence-electron chi connectivity index (χ3n) is 4.04. The summed E-state index contributed by atoms with van der Waals surface area (Å²) >= 11 is 0. The van der Waals surface area contributed by atoms with Crippen molar-refractivity contribution < 1.29 is 9.53 Å². The minimum atomic E-state index is -0.300. The number of Topliss-reactive ketones (excluding diaryl/α,β-unsaturated/α-hetero) is 1. The smallest absolute Gasteiger partial charge is 0.203 e. The van der Waals surface area contributed by atoms with E-state index in [1.807, 2.05) is 26.0 Å². The Morgan fingerprint density at radius 1 is 1.29 bits per heavy atom. The average Bonchev–Trinajstić information content (AvgIpc) is 2.85. The molecule has 0 N–H and O–H groups in total. The minimum absolute atomic E-state index is 0.118. The average molecular weight is 322 g/mol. The Kier molecular flexibility index (Phi) is 5.25. The summed E-state index contributed by atoms with van der Waals surface area (Å²) < 4.78 is 7.33. The molecule has 0 radical (unpaired) electrons. The number of hydrogen-bond donors (Lipinski definition) is 0. The first kappa shape index (κ1) is 17.6. The fourth-order valence-electron chi connectivity index (χ4n) is 2.97. The van der Waals surface area contributed by atoms with Gasteiger partial charge < -0.3 is 9.30 Å². The SMILES string of the molecule is COc1cccc(C(=O)/C(C#N)=C/c2cc(C)n(C(C)C)c2C)c1. The van der Waals surface area contributed by atoms with Gasteiger partial charge in [-0.1, -0.05) is 12.1 Å². The number of aryl methyl sites for hydroxylation is 1. The molecule has 0 fully saturated rings. The van der Waals surface area contributed by atoms with Crippen LogP contribution in [0.2, 0.25) is 0 Å². The van der Waals surface area contributed by atoms with Crippen molar-refractivity contribution in [1.82, 2.24) is 4.57 Å². The first-order valence-electron chi connectivity index (χ1n) is 7.88. The van der Waals surface area contributed by atoms with Crippen molar-refractivity contribution in [2.45, 2.75) is 33.7 Å². The van der Waals surface area contributed by atoms with E-state index in [1.54, 1.807) is 37.5 Å². The van der Waals surface area contributed by atoms with E-state index >= 15 is 0 Å². The van der Waals surface area contributed by atoms with E-state index in [1.165, 1.54) is 0 Å². The molecule has 0 saturated carbocycles. The fraction of sp³-hybridized carbons (Fsp3) is 0.300. The lowest BCUT2D eigenvalue weighted by molar-refractivity contribution is 0.103. The second-order valence-corrected chi connectivity index (χ2v) is 6.02. The molecule has 0 aliphatic carbocycles. The van der Waals surface area contributed by atoms with Crippen LogP contribution in [0, 0.1) is 25.2 Å². The van der Waals surface area contributed by atoms with Gasteiger partial charge in [0.1, 0.15) is 17.4 Å². The second-order valence-electron chi connectivity index (χ2n) is 6.02. The number of carbonyl (C=O) groups excluding carboxylic acids is 1. The van der Waals surface area contributed by atoms with Crippen molar-refractivity contribution in [3.63, 3.8) is 0 Å². The highest BCUT2D eigenvalue weighted by molar-refractivity contribution is 6.14.